The van der Waals surface area contributed by atoms with E-state index in [0.29, 0.717) is 45.6 Å². The number of sulfonamides is 1. The van der Waals surface area contributed by atoms with Crippen LogP contribution < -0.4 is 9.64 Å². The van der Waals surface area contributed by atoms with Crippen LogP contribution in [0.25, 0.3) is 0 Å². The summed E-state index contributed by atoms with van der Waals surface area (Å²) < 4.78 is 34.9. The van der Waals surface area contributed by atoms with E-state index in [1.807, 2.05) is 43.0 Å². The van der Waals surface area contributed by atoms with E-state index < -0.39 is 10.0 Å². The van der Waals surface area contributed by atoms with Crippen LogP contribution in [0.1, 0.15) is 32.7 Å². The van der Waals surface area contributed by atoms with E-state index in [9.17, 15) is 13.2 Å². The summed E-state index contributed by atoms with van der Waals surface area (Å²) in [6.45, 7) is 7.23. The molecule has 1 amide bonds. The fourth-order valence-corrected chi connectivity index (χ4v) is 5.99. The molecule has 2 saturated heterocycles. The van der Waals surface area contributed by atoms with Crippen molar-refractivity contribution in [2.75, 3.05) is 51.3 Å². The molecular weight excluding hydrogens is 442 g/mol. The number of hydrogen-bond donors (Lipinski definition) is 0. The normalized spacial score (nSPS) is 20.3. The van der Waals surface area contributed by atoms with Crippen molar-refractivity contribution in [3.63, 3.8) is 0 Å². The molecule has 2 aliphatic rings. The number of imidazole rings is 1. The van der Waals surface area contributed by atoms with Crippen molar-refractivity contribution in [3.8, 4) is 5.75 Å². The first-order valence-corrected chi connectivity index (χ1v) is 13.0. The third-order valence-corrected chi connectivity index (χ3v) is 8.28. The minimum atomic E-state index is -3.72. The van der Waals surface area contributed by atoms with Crippen LogP contribution >= 0.6 is 0 Å². The second-order valence-electron chi connectivity index (χ2n) is 8.94. The Morgan fingerprint density at radius 2 is 1.85 bits per heavy atom. The number of amides is 1. The van der Waals surface area contributed by atoms with E-state index in [1.165, 1.54) is 4.31 Å². The van der Waals surface area contributed by atoms with Gasteiger partial charge >= 0.3 is 0 Å². The highest BCUT2D eigenvalue weighted by Crippen LogP contribution is 2.29. The summed E-state index contributed by atoms with van der Waals surface area (Å²) in [5.41, 5.74) is 1.03. The number of rotatable bonds is 6. The molecule has 0 radical (unpaired) electrons. The molecule has 0 bridgehead atoms. The molecule has 33 heavy (non-hydrogen) atoms. The first-order chi connectivity index (χ1) is 15.8. The summed E-state index contributed by atoms with van der Waals surface area (Å²) in [6.07, 6.45) is 4.49. The number of carbonyl (C=O) groups excluding carboxylic acids is 1. The average molecular weight is 476 g/mol. The lowest BCUT2D eigenvalue weighted by Gasteiger charge is -2.39. The molecule has 1 aromatic carbocycles. The van der Waals surface area contributed by atoms with Crippen LogP contribution in [0.15, 0.2) is 41.8 Å². The van der Waals surface area contributed by atoms with Crippen LogP contribution in [-0.4, -0.2) is 79.5 Å². The van der Waals surface area contributed by atoms with Crippen molar-refractivity contribution in [3.05, 3.63) is 36.8 Å². The Bertz CT molecular complexity index is 1080. The van der Waals surface area contributed by atoms with Crippen molar-refractivity contribution < 1.29 is 17.9 Å². The van der Waals surface area contributed by atoms with Gasteiger partial charge in [0, 0.05) is 51.5 Å². The van der Waals surface area contributed by atoms with E-state index in [0.717, 1.165) is 11.4 Å². The van der Waals surface area contributed by atoms with E-state index in [-0.39, 0.29) is 29.4 Å². The second kappa shape index (κ2) is 9.72. The van der Waals surface area contributed by atoms with Crippen LogP contribution in [0.2, 0.25) is 0 Å². The molecule has 0 aliphatic carbocycles. The van der Waals surface area contributed by atoms with Gasteiger partial charge in [0.15, 0.2) is 5.03 Å². The van der Waals surface area contributed by atoms with E-state index in [1.54, 1.807) is 24.2 Å². The zero-order chi connectivity index (χ0) is 23.6. The highest BCUT2D eigenvalue weighted by atomic mass is 32.2. The van der Waals surface area contributed by atoms with Gasteiger partial charge in [0.25, 0.3) is 10.0 Å². The first-order valence-electron chi connectivity index (χ1n) is 11.5. The Hall–Kier alpha value is -2.59. The number of aromatic nitrogens is 2. The number of ether oxygens (including phenoxy) is 1. The fraction of sp³-hybridized carbons (Fsp3) is 0.565. The molecular formula is C23H33N5O4S. The summed E-state index contributed by atoms with van der Waals surface area (Å²) in [6, 6.07) is 8.02. The first kappa shape index (κ1) is 23.6. The molecule has 2 fully saturated rings. The molecule has 1 atom stereocenters. The minimum Gasteiger partial charge on any atom is -0.495 e. The SMILES string of the molecule is COc1ccccc1N1CCN(C(=O)[C@H]2CCCN(S(=O)(=O)c3cn(C(C)C)cn3)C2)CC1. The Morgan fingerprint density at radius 1 is 1.12 bits per heavy atom. The Kier molecular flexibility index (Phi) is 6.94. The van der Waals surface area contributed by atoms with Crippen molar-refractivity contribution in [2.45, 2.75) is 37.8 Å². The third kappa shape index (κ3) is 4.86. The lowest BCUT2D eigenvalue weighted by Crippen LogP contribution is -2.53. The van der Waals surface area contributed by atoms with Crippen LogP contribution in [0.4, 0.5) is 5.69 Å². The van der Waals surface area contributed by atoms with Crippen molar-refractivity contribution >= 4 is 21.6 Å². The molecule has 0 saturated carbocycles. The van der Waals surface area contributed by atoms with Gasteiger partial charge in [-0.3, -0.25) is 4.79 Å². The van der Waals surface area contributed by atoms with Gasteiger partial charge in [-0.25, -0.2) is 13.4 Å². The van der Waals surface area contributed by atoms with Gasteiger partial charge < -0.3 is 19.1 Å². The number of hydrogen-bond acceptors (Lipinski definition) is 6. The molecule has 1 aromatic heterocycles. The number of anilines is 1. The molecule has 3 heterocycles. The van der Waals surface area contributed by atoms with E-state index in [4.69, 9.17) is 4.74 Å². The zero-order valence-electron chi connectivity index (χ0n) is 19.6. The van der Waals surface area contributed by atoms with Crippen molar-refractivity contribution in [1.82, 2.24) is 18.8 Å². The summed E-state index contributed by atoms with van der Waals surface area (Å²) in [7, 11) is -2.05. The number of methoxy groups -OCH3 is 1. The molecule has 4 rings (SSSR count). The summed E-state index contributed by atoms with van der Waals surface area (Å²) in [5, 5.41) is 0.0507. The number of piperazine rings is 1. The molecule has 0 N–H and O–H groups in total. The van der Waals surface area contributed by atoms with Crippen molar-refractivity contribution in [1.29, 1.82) is 0 Å². The summed E-state index contributed by atoms with van der Waals surface area (Å²) in [4.78, 5) is 21.5. The summed E-state index contributed by atoms with van der Waals surface area (Å²) >= 11 is 0. The molecule has 180 valence electrons. The average Bonchev–Trinajstić information content (AvgIpc) is 3.36. The van der Waals surface area contributed by atoms with E-state index >= 15 is 0 Å². The maximum atomic E-state index is 13.3. The molecule has 0 spiro atoms. The maximum absolute atomic E-state index is 13.3. The number of para-hydroxylation sites is 2. The molecule has 9 nitrogen and oxygen atoms in total. The van der Waals surface area contributed by atoms with Gasteiger partial charge in [-0.1, -0.05) is 12.1 Å². The molecule has 2 aromatic rings. The molecule has 0 unspecified atom stereocenters. The largest absolute Gasteiger partial charge is 0.495 e. The van der Waals surface area contributed by atoms with Crippen LogP contribution in [0.5, 0.6) is 5.75 Å². The number of piperidine rings is 1. The van der Waals surface area contributed by atoms with Crippen LogP contribution in [-0.2, 0) is 14.8 Å². The van der Waals surface area contributed by atoms with Gasteiger partial charge in [-0.2, -0.15) is 4.31 Å². The maximum Gasteiger partial charge on any atom is 0.262 e. The number of benzene rings is 1. The highest BCUT2D eigenvalue weighted by Gasteiger charge is 2.37. The Labute approximate surface area is 196 Å². The van der Waals surface area contributed by atoms with Crippen LogP contribution in [0, 0.1) is 5.92 Å². The number of carbonyl (C=O) groups is 1. The lowest BCUT2D eigenvalue weighted by molar-refractivity contribution is -0.137. The standard InChI is InChI=1S/C23H33N5O4S/c1-18(2)27-16-22(24-17-27)33(30,31)28-10-6-7-19(15-28)23(29)26-13-11-25(12-14-26)20-8-4-5-9-21(20)32-3/h4-5,8-9,16-19H,6-7,10-15H2,1-3H3/t19-/m0/s1. The lowest BCUT2D eigenvalue weighted by atomic mass is 9.97. The highest BCUT2D eigenvalue weighted by molar-refractivity contribution is 7.89. The van der Waals surface area contributed by atoms with Crippen LogP contribution in [0.3, 0.4) is 0 Å². The van der Waals surface area contributed by atoms with Gasteiger partial charge in [0.05, 0.1) is 25.0 Å². The van der Waals surface area contributed by atoms with Gasteiger partial charge in [0.2, 0.25) is 5.91 Å². The smallest absolute Gasteiger partial charge is 0.262 e. The molecule has 2 aliphatic heterocycles. The predicted octanol–water partition coefficient (Wildman–Crippen LogP) is 2.22. The Morgan fingerprint density at radius 3 is 2.52 bits per heavy atom. The quantitative estimate of drug-likeness (QED) is 0.637. The minimum absolute atomic E-state index is 0.0438. The third-order valence-electron chi connectivity index (χ3n) is 6.53. The van der Waals surface area contributed by atoms with E-state index in [2.05, 4.69) is 9.88 Å². The predicted molar refractivity (Wildman–Crippen MR) is 126 cm³/mol. The van der Waals surface area contributed by atoms with Gasteiger partial charge in [-0.05, 0) is 38.8 Å². The number of nitrogens with zero attached hydrogens (tertiary/aromatic N) is 5. The second-order valence-corrected chi connectivity index (χ2v) is 10.8. The molecule has 10 heteroatoms. The van der Waals surface area contributed by atoms with Gasteiger partial charge in [-0.15, -0.1) is 0 Å². The zero-order valence-corrected chi connectivity index (χ0v) is 20.4. The Balaban J connectivity index is 1.39. The van der Waals surface area contributed by atoms with Crippen molar-refractivity contribution in [2.24, 2.45) is 5.92 Å². The monoisotopic (exact) mass is 475 g/mol. The van der Waals surface area contributed by atoms with Gasteiger partial charge in [0.1, 0.15) is 5.75 Å². The topological polar surface area (TPSA) is 88.0 Å². The summed E-state index contributed by atoms with van der Waals surface area (Å²) in [5.74, 6) is 0.547. The fourth-order valence-electron chi connectivity index (χ4n) is 4.54.